The first-order valence-corrected chi connectivity index (χ1v) is 4.02. The molecule has 2 unspecified atom stereocenters. The van der Waals surface area contributed by atoms with Gasteiger partial charge in [0.1, 0.15) is 0 Å². The van der Waals surface area contributed by atoms with E-state index in [0.29, 0.717) is 5.41 Å². The van der Waals surface area contributed by atoms with Crippen LogP contribution in [-0.4, -0.2) is 13.1 Å². The first-order chi connectivity index (χ1) is 4.31. The highest BCUT2D eigenvalue weighted by Gasteiger charge is 2.43. The number of hydrogen-bond acceptors (Lipinski definition) is 1. The van der Waals surface area contributed by atoms with E-state index in [0.717, 1.165) is 5.92 Å². The number of rotatable bonds is 0. The molecule has 0 bridgehead atoms. The molecule has 1 N–H and O–H groups in total. The van der Waals surface area contributed by atoms with Gasteiger partial charge in [-0.05, 0) is 37.1 Å². The molecule has 0 spiro atoms. The van der Waals surface area contributed by atoms with Crippen LogP contribution in [0.1, 0.15) is 26.2 Å². The SMILES string of the molecule is CC12CCC1CCNC2. The van der Waals surface area contributed by atoms with Gasteiger partial charge in [-0.15, -0.1) is 0 Å². The Morgan fingerprint density at radius 3 is 2.67 bits per heavy atom. The molecular formula is C8H15N. The van der Waals surface area contributed by atoms with Crippen molar-refractivity contribution in [2.45, 2.75) is 26.2 Å². The maximum absolute atomic E-state index is 3.46. The normalized spacial score (nSPS) is 49.7. The second kappa shape index (κ2) is 1.72. The van der Waals surface area contributed by atoms with Crippen LogP contribution >= 0.6 is 0 Å². The minimum absolute atomic E-state index is 0.707. The van der Waals surface area contributed by atoms with Crippen molar-refractivity contribution in [2.24, 2.45) is 11.3 Å². The Bertz CT molecular complexity index is 122. The van der Waals surface area contributed by atoms with Crippen molar-refractivity contribution < 1.29 is 0 Å². The highest BCUT2D eigenvalue weighted by Crippen LogP contribution is 2.48. The second-order valence-corrected chi connectivity index (χ2v) is 3.86. The van der Waals surface area contributed by atoms with Gasteiger partial charge < -0.3 is 5.32 Å². The molecule has 1 heteroatoms. The van der Waals surface area contributed by atoms with Crippen molar-refractivity contribution in [3.63, 3.8) is 0 Å². The number of piperidine rings is 1. The summed E-state index contributed by atoms with van der Waals surface area (Å²) >= 11 is 0. The molecule has 1 nitrogen and oxygen atoms in total. The van der Waals surface area contributed by atoms with Gasteiger partial charge in [0.05, 0.1) is 0 Å². The van der Waals surface area contributed by atoms with Gasteiger partial charge in [0, 0.05) is 6.54 Å². The van der Waals surface area contributed by atoms with Crippen molar-refractivity contribution in [1.29, 1.82) is 0 Å². The third-order valence-corrected chi connectivity index (χ3v) is 3.25. The van der Waals surface area contributed by atoms with Crippen LogP contribution in [0.15, 0.2) is 0 Å². The van der Waals surface area contributed by atoms with Crippen LogP contribution in [0.25, 0.3) is 0 Å². The number of hydrogen-bond donors (Lipinski definition) is 1. The molecule has 1 aliphatic heterocycles. The molecule has 1 aliphatic carbocycles. The minimum Gasteiger partial charge on any atom is -0.316 e. The maximum atomic E-state index is 3.46. The average molecular weight is 125 g/mol. The van der Waals surface area contributed by atoms with Gasteiger partial charge in [-0.25, -0.2) is 0 Å². The van der Waals surface area contributed by atoms with E-state index >= 15 is 0 Å². The Kier molecular flexibility index (Phi) is 1.10. The zero-order chi connectivity index (χ0) is 6.32. The molecular weight excluding hydrogens is 110 g/mol. The van der Waals surface area contributed by atoms with Crippen molar-refractivity contribution in [3.8, 4) is 0 Å². The first kappa shape index (κ1) is 5.72. The van der Waals surface area contributed by atoms with Crippen LogP contribution in [-0.2, 0) is 0 Å². The molecule has 2 fully saturated rings. The van der Waals surface area contributed by atoms with Gasteiger partial charge in [0.25, 0.3) is 0 Å². The van der Waals surface area contributed by atoms with Crippen LogP contribution in [0.4, 0.5) is 0 Å². The van der Waals surface area contributed by atoms with Crippen LogP contribution in [0, 0.1) is 11.3 Å². The maximum Gasteiger partial charge on any atom is 0.000783 e. The Balaban J connectivity index is 2.05. The topological polar surface area (TPSA) is 12.0 Å². The summed E-state index contributed by atoms with van der Waals surface area (Å²) in [6.45, 7) is 4.96. The van der Waals surface area contributed by atoms with Crippen LogP contribution in [0.2, 0.25) is 0 Å². The Hall–Kier alpha value is -0.0400. The van der Waals surface area contributed by atoms with Crippen molar-refractivity contribution in [3.05, 3.63) is 0 Å². The van der Waals surface area contributed by atoms with Crippen LogP contribution in [0.3, 0.4) is 0 Å². The molecule has 2 atom stereocenters. The van der Waals surface area contributed by atoms with E-state index in [4.69, 9.17) is 0 Å². The third kappa shape index (κ3) is 0.710. The Labute approximate surface area is 56.8 Å². The van der Waals surface area contributed by atoms with Crippen molar-refractivity contribution in [2.75, 3.05) is 13.1 Å². The molecule has 0 aromatic carbocycles. The highest BCUT2D eigenvalue weighted by atomic mass is 14.9. The van der Waals surface area contributed by atoms with Gasteiger partial charge in [0.15, 0.2) is 0 Å². The summed E-state index contributed by atoms with van der Waals surface area (Å²) in [5, 5.41) is 3.46. The van der Waals surface area contributed by atoms with Gasteiger partial charge in [0.2, 0.25) is 0 Å². The monoisotopic (exact) mass is 125 g/mol. The van der Waals surface area contributed by atoms with Crippen LogP contribution in [0.5, 0.6) is 0 Å². The van der Waals surface area contributed by atoms with E-state index in [1.54, 1.807) is 0 Å². The fourth-order valence-electron chi connectivity index (χ4n) is 2.22. The molecule has 2 aliphatic rings. The summed E-state index contributed by atoms with van der Waals surface area (Å²) in [6, 6.07) is 0. The number of nitrogens with one attached hydrogen (secondary N) is 1. The largest absolute Gasteiger partial charge is 0.316 e. The smallest absolute Gasteiger partial charge is 0.000783 e. The lowest BCUT2D eigenvalue weighted by Gasteiger charge is -2.50. The van der Waals surface area contributed by atoms with Gasteiger partial charge >= 0.3 is 0 Å². The predicted octanol–water partition coefficient (Wildman–Crippen LogP) is 1.40. The van der Waals surface area contributed by atoms with E-state index in [-0.39, 0.29) is 0 Å². The molecule has 2 rings (SSSR count). The fourth-order valence-corrected chi connectivity index (χ4v) is 2.22. The lowest BCUT2D eigenvalue weighted by molar-refractivity contribution is 0.0202. The predicted molar refractivity (Wildman–Crippen MR) is 38.3 cm³/mol. The molecule has 0 radical (unpaired) electrons. The summed E-state index contributed by atoms with van der Waals surface area (Å²) < 4.78 is 0. The Morgan fingerprint density at radius 2 is 2.33 bits per heavy atom. The van der Waals surface area contributed by atoms with E-state index in [2.05, 4.69) is 12.2 Å². The highest BCUT2D eigenvalue weighted by molar-refractivity contribution is 4.96. The number of fused-ring (bicyclic) bond motifs is 1. The lowest BCUT2D eigenvalue weighted by atomic mass is 9.58. The summed E-state index contributed by atoms with van der Waals surface area (Å²) in [4.78, 5) is 0. The van der Waals surface area contributed by atoms with Crippen molar-refractivity contribution in [1.82, 2.24) is 5.32 Å². The lowest BCUT2D eigenvalue weighted by Crippen LogP contribution is -2.50. The van der Waals surface area contributed by atoms with Crippen LogP contribution < -0.4 is 5.32 Å². The first-order valence-electron chi connectivity index (χ1n) is 4.02. The van der Waals surface area contributed by atoms with E-state index in [1.807, 2.05) is 0 Å². The third-order valence-electron chi connectivity index (χ3n) is 3.25. The summed E-state index contributed by atoms with van der Waals surface area (Å²) in [5.74, 6) is 1.07. The van der Waals surface area contributed by atoms with Gasteiger partial charge in [-0.1, -0.05) is 6.92 Å². The average Bonchev–Trinajstić information content (AvgIpc) is 1.82. The van der Waals surface area contributed by atoms with Gasteiger partial charge in [-0.3, -0.25) is 0 Å². The minimum atomic E-state index is 0.707. The Morgan fingerprint density at radius 1 is 1.44 bits per heavy atom. The van der Waals surface area contributed by atoms with E-state index in [9.17, 15) is 0 Å². The fraction of sp³-hybridized carbons (Fsp3) is 1.00. The zero-order valence-electron chi connectivity index (χ0n) is 6.11. The molecule has 1 heterocycles. The summed E-state index contributed by atoms with van der Waals surface area (Å²) in [6.07, 6.45) is 4.39. The van der Waals surface area contributed by atoms with Gasteiger partial charge in [-0.2, -0.15) is 0 Å². The standard InChI is InChI=1S/C8H15N/c1-8-4-2-7(8)3-5-9-6-8/h7,9H,2-6H2,1H3. The quantitative estimate of drug-likeness (QED) is 0.516. The zero-order valence-corrected chi connectivity index (χ0v) is 6.11. The molecule has 0 amide bonds. The second-order valence-electron chi connectivity index (χ2n) is 3.86. The molecule has 52 valence electrons. The molecule has 1 saturated heterocycles. The molecule has 0 aromatic heterocycles. The molecule has 9 heavy (non-hydrogen) atoms. The van der Waals surface area contributed by atoms with E-state index < -0.39 is 0 Å². The van der Waals surface area contributed by atoms with Crippen molar-refractivity contribution >= 4 is 0 Å². The van der Waals surface area contributed by atoms with E-state index in [1.165, 1.54) is 32.4 Å². The summed E-state index contributed by atoms with van der Waals surface area (Å²) in [5.41, 5.74) is 0.707. The summed E-state index contributed by atoms with van der Waals surface area (Å²) in [7, 11) is 0. The molecule has 1 saturated carbocycles. The molecule has 0 aromatic rings.